The van der Waals surface area contributed by atoms with E-state index in [9.17, 15) is 9.90 Å². The minimum absolute atomic E-state index is 0.326. The number of carbonyl (C=O) groups is 1. The maximum atomic E-state index is 11.6. The van der Waals surface area contributed by atoms with Gasteiger partial charge in [0, 0.05) is 12.8 Å². The second-order valence-electron chi connectivity index (χ2n) is 9.65. The average molecular weight is 460 g/mol. The van der Waals surface area contributed by atoms with E-state index in [1.54, 1.807) is 12.1 Å². The third-order valence-electron chi connectivity index (χ3n) is 7.05. The predicted octanol–water partition coefficient (Wildman–Crippen LogP) is 6.94. The number of hydrogen-bond acceptors (Lipinski definition) is 3. The Morgan fingerprint density at radius 2 is 1.76 bits per heavy atom. The molecule has 0 atom stereocenters. The molecule has 1 N–H and O–H groups in total. The van der Waals surface area contributed by atoms with Crippen LogP contribution in [0.1, 0.15) is 92.3 Å². The SMILES string of the molecule is CCCCCc1nc(CCC2CCCCC2)nn1Cc1ccc(-c2ccccc2C(=O)O)cc1. The number of carboxylic acid groups (broad SMARTS) is 1. The summed E-state index contributed by atoms with van der Waals surface area (Å²) < 4.78 is 2.09. The van der Waals surface area contributed by atoms with Crippen molar-refractivity contribution in [3.8, 4) is 11.1 Å². The van der Waals surface area contributed by atoms with Gasteiger partial charge in [-0.25, -0.2) is 14.5 Å². The van der Waals surface area contributed by atoms with Crippen LogP contribution in [0.5, 0.6) is 0 Å². The maximum Gasteiger partial charge on any atom is 0.336 e. The molecule has 0 aliphatic heterocycles. The van der Waals surface area contributed by atoms with Gasteiger partial charge in [0.1, 0.15) is 5.82 Å². The van der Waals surface area contributed by atoms with Gasteiger partial charge in [-0.15, -0.1) is 0 Å². The van der Waals surface area contributed by atoms with Crippen LogP contribution in [0, 0.1) is 5.92 Å². The van der Waals surface area contributed by atoms with Crippen molar-refractivity contribution in [1.29, 1.82) is 0 Å². The minimum atomic E-state index is -0.903. The molecule has 34 heavy (non-hydrogen) atoms. The molecule has 3 aromatic rings. The maximum absolute atomic E-state index is 11.6. The van der Waals surface area contributed by atoms with Gasteiger partial charge in [0.25, 0.3) is 0 Å². The Hall–Kier alpha value is -2.95. The number of carboxylic acids is 1. The number of benzene rings is 2. The number of unbranched alkanes of at least 4 members (excludes halogenated alkanes) is 2. The predicted molar refractivity (Wildman–Crippen MR) is 136 cm³/mol. The fourth-order valence-corrected chi connectivity index (χ4v) is 5.07. The van der Waals surface area contributed by atoms with Crippen LogP contribution in [-0.4, -0.2) is 25.8 Å². The summed E-state index contributed by atoms with van der Waals surface area (Å²) in [5, 5.41) is 14.4. The van der Waals surface area contributed by atoms with E-state index >= 15 is 0 Å². The monoisotopic (exact) mass is 459 g/mol. The molecule has 180 valence electrons. The molecule has 4 rings (SSSR count). The van der Waals surface area contributed by atoms with Crippen LogP contribution in [0.15, 0.2) is 48.5 Å². The Morgan fingerprint density at radius 1 is 1.00 bits per heavy atom. The zero-order valence-electron chi connectivity index (χ0n) is 20.4. The average Bonchev–Trinajstić information content (AvgIpc) is 3.25. The second-order valence-corrected chi connectivity index (χ2v) is 9.65. The number of aryl methyl sites for hydroxylation is 2. The lowest BCUT2D eigenvalue weighted by molar-refractivity contribution is 0.0697. The van der Waals surface area contributed by atoms with Gasteiger partial charge in [-0.3, -0.25) is 0 Å². The van der Waals surface area contributed by atoms with E-state index in [1.807, 2.05) is 24.3 Å². The summed E-state index contributed by atoms with van der Waals surface area (Å²) in [6, 6.07) is 15.3. The highest BCUT2D eigenvalue weighted by Crippen LogP contribution is 2.27. The van der Waals surface area contributed by atoms with Crippen molar-refractivity contribution in [2.45, 2.75) is 84.1 Å². The Balaban J connectivity index is 1.47. The highest BCUT2D eigenvalue weighted by atomic mass is 16.4. The van der Waals surface area contributed by atoms with Crippen molar-refractivity contribution in [1.82, 2.24) is 14.8 Å². The molecule has 0 saturated heterocycles. The van der Waals surface area contributed by atoms with Gasteiger partial charge < -0.3 is 5.11 Å². The molecule has 0 radical (unpaired) electrons. The van der Waals surface area contributed by atoms with Crippen molar-refractivity contribution in [3.05, 3.63) is 71.3 Å². The van der Waals surface area contributed by atoms with E-state index in [4.69, 9.17) is 10.1 Å². The Bertz CT molecular complexity index is 1070. The summed E-state index contributed by atoms with van der Waals surface area (Å²) in [6.07, 6.45) is 13.6. The molecule has 1 saturated carbocycles. The molecule has 2 aromatic carbocycles. The van der Waals surface area contributed by atoms with Gasteiger partial charge in [0.05, 0.1) is 12.1 Å². The summed E-state index contributed by atoms with van der Waals surface area (Å²) in [5.74, 6) is 2.02. The van der Waals surface area contributed by atoms with E-state index in [1.165, 1.54) is 51.4 Å². The van der Waals surface area contributed by atoms with Gasteiger partial charge in [-0.1, -0.05) is 94.3 Å². The molecule has 5 heteroatoms. The van der Waals surface area contributed by atoms with Crippen molar-refractivity contribution >= 4 is 5.97 Å². The van der Waals surface area contributed by atoms with Crippen LogP contribution >= 0.6 is 0 Å². The van der Waals surface area contributed by atoms with Crippen LogP contribution in [-0.2, 0) is 19.4 Å². The molecule has 0 bridgehead atoms. The molecule has 1 heterocycles. The first-order valence-corrected chi connectivity index (χ1v) is 13.0. The molecule has 0 spiro atoms. The Morgan fingerprint density at radius 3 is 2.50 bits per heavy atom. The molecule has 5 nitrogen and oxygen atoms in total. The van der Waals surface area contributed by atoms with Gasteiger partial charge in [0.15, 0.2) is 5.82 Å². The number of nitrogens with zero attached hydrogens (tertiary/aromatic N) is 3. The third-order valence-corrected chi connectivity index (χ3v) is 7.05. The van der Waals surface area contributed by atoms with Crippen LogP contribution in [0.3, 0.4) is 0 Å². The summed E-state index contributed by atoms with van der Waals surface area (Å²) in [4.78, 5) is 16.5. The van der Waals surface area contributed by atoms with Crippen LogP contribution in [0.25, 0.3) is 11.1 Å². The smallest absolute Gasteiger partial charge is 0.336 e. The van der Waals surface area contributed by atoms with Gasteiger partial charge >= 0.3 is 5.97 Å². The van der Waals surface area contributed by atoms with Crippen molar-refractivity contribution in [2.75, 3.05) is 0 Å². The molecule has 1 fully saturated rings. The lowest BCUT2D eigenvalue weighted by atomic mass is 9.86. The lowest BCUT2D eigenvalue weighted by Gasteiger charge is -2.20. The summed E-state index contributed by atoms with van der Waals surface area (Å²) in [7, 11) is 0. The van der Waals surface area contributed by atoms with E-state index in [0.29, 0.717) is 12.1 Å². The molecular weight excluding hydrogens is 422 g/mol. The van der Waals surface area contributed by atoms with E-state index < -0.39 is 5.97 Å². The van der Waals surface area contributed by atoms with Crippen LogP contribution < -0.4 is 0 Å². The third kappa shape index (κ3) is 6.34. The number of rotatable bonds is 11. The second kappa shape index (κ2) is 12.0. The van der Waals surface area contributed by atoms with E-state index in [2.05, 4.69) is 23.7 Å². The number of aromatic carboxylic acids is 1. The highest BCUT2D eigenvalue weighted by Gasteiger charge is 2.16. The normalized spacial score (nSPS) is 14.4. The molecule has 0 unspecified atom stereocenters. The topological polar surface area (TPSA) is 68.0 Å². The Kier molecular flexibility index (Phi) is 8.51. The Labute approximate surface area is 203 Å². The number of hydrogen-bond donors (Lipinski definition) is 1. The number of aromatic nitrogens is 3. The van der Waals surface area contributed by atoms with Crippen molar-refractivity contribution in [3.63, 3.8) is 0 Å². The van der Waals surface area contributed by atoms with Crippen LogP contribution in [0.2, 0.25) is 0 Å². The van der Waals surface area contributed by atoms with E-state index in [-0.39, 0.29) is 0 Å². The van der Waals surface area contributed by atoms with E-state index in [0.717, 1.165) is 53.5 Å². The first kappa shape index (κ1) is 24.2. The summed E-state index contributed by atoms with van der Waals surface area (Å²) in [5.41, 5.74) is 3.13. The summed E-state index contributed by atoms with van der Waals surface area (Å²) in [6.45, 7) is 2.92. The quantitative estimate of drug-likeness (QED) is 0.315. The van der Waals surface area contributed by atoms with Gasteiger partial charge in [-0.2, -0.15) is 5.10 Å². The van der Waals surface area contributed by atoms with Gasteiger partial charge in [0.2, 0.25) is 0 Å². The minimum Gasteiger partial charge on any atom is -0.478 e. The first-order chi connectivity index (χ1) is 16.6. The standard InChI is InChI=1S/C29H37N3O2/c1-2-3-5-14-28-30-27(20-17-22-10-6-4-7-11-22)31-32(28)21-23-15-18-24(19-16-23)25-12-8-9-13-26(25)29(33)34/h8-9,12-13,15-16,18-19,22H,2-7,10-11,14,17,20-21H2,1H3,(H,33,34). The van der Waals surface area contributed by atoms with Crippen molar-refractivity contribution < 1.29 is 9.90 Å². The molecule has 0 amide bonds. The zero-order chi connectivity index (χ0) is 23.8. The van der Waals surface area contributed by atoms with Crippen molar-refractivity contribution in [2.24, 2.45) is 5.92 Å². The highest BCUT2D eigenvalue weighted by molar-refractivity contribution is 5.95. The zero-order valence-corrected chi connectivity index (χ0v) is 20.4. The summed E-state index contributed by atoms with van der Waals surface area (Å²) >= 11 is 0. The molecule has 1 aliphatic rings. The molecule has 1 aromatic heterocycles. The fraction of sp³-hybridized carbons (Fsp3) is 0.483. The molecule has 1 aliphatic carbocycles. The van der Waals surface area contributed by atoms with Gasteiger partial charge in [-0.05, 0) is 41.5 Å². The van der Waals surface area contributed by atoms with Crippen LogP contribution in [0.4, 0.5) is 0 Å². The first-order valence-electron chi connectivity index (χ1n) is 13.0. The fourth-order valence-electron chi connectivity index (χ4n) is 5.07. The lowest BCUT2D eigenvalue weighted by Crippen LogP contribution is -2.08. The largest absolute Gasteiger partial charge is 0.478 e. The molecular formula is C29H37N3O2.